The predicted octanol–water partition coefficient (Wildman–Crippen LogP) is 0.948. The third kappa shape index (κ3) is 2.74. The Labute approximate surface area is 82.6 Å². The van der Waals surface area contributed by atoms with Crippen LogP contribution in [0.4, 0.5) is 0 Å². The molecule has 0 saturated carbocycles. The van der Waals surface area contributed by atoms with Gasteiger partial charge in [-0.25, -0.2) is 4.79 Å². The van der Waals surface area contributed by atoms with E-state index < -0.39 is 12.0 Å². The van der Waals surface area contributed by atoms with Crippen LogP contribution in [0, 0.1) is 0 Å². The molecule has 0 bridgehead atoms. The van der Waals surface area contributed by atoms with Crippen LogP contribution in [-0.4, -0.2) is 19.1 Å². The summed E-state index contributed by atoms with van der Waals surface area (Å²) in [6, 6.07) is 6.18. The highest BCUT2D eigenvalue weighted by atomic mass is 16.5. The second kappa shape index (κ2) is 4.62. The summed E-state index contributed by atoms with van der Waals surface area (Å²) in [6.07, 6.45) is 0. The standard InChI is InChI=1S/C10H13NO3/c1-7(11)10(12)14-9-5-3-4-8(6-9)13-2/h3-7H,11H2,1-2H3. The molecule has 0 aromatic heterocycles. The van der Waals surface area contributed by atoms with Gasteiger partial charge in [-0.2, -0.15) is 0 Å². The summed E-state index contributed by atoms with van der Waals surface area (Å²) in [4.78, 5) is 11.1. The van der Waals surface area contributed by atoms with Crippen molar-refractivity contribution in [1.82, 2.24) is 0 Å². The van der Waals surface area contributed by atoms with Crippen molar-refractivity contribution in [2.45, 2.75) is 13.0 Å². The summed E-state index contributed by atoms with van der Waals surface area (Å²) in [6.45, 7) is 1.57. The van der Waals surface area contributed by atoms with Crippen LogP contribution in [0.25, 0.3) is 0 Å². The van der Waals surface area contributed by atoms with Gasteiger partial charge < -0.3 is 15.2 Å². The van der Waals surface area contributed by atoms with Gasteiger partial charge in [-0.3, -0.25) is 0 Å². The van der Waals surface area contributed by atoms with Crippen LogP contribution in [0.2, 0.25) is 0 Å². The zero-order valence-corrected chi connectivity index (χ0v) is 8.19. The quantitative estimate of drug-likeness (QED) is 0.576. The minimum atomic E-state index is -0.624. The van der Waals surface area contributed by atoms with Gasteiger partial charge in [0.1, 0.15) is 17.5 Å². The first-order chi connectivity index (χ1) is 6.63. The fraction of sp³-hybridized carbons (Fsp3) is 0.300. The molecule has 0 saturated heterocycles. The number of methoxy groups -OCH3 is 1. The van der Waals surface area contributed by atoms with Gasteiger partial charge in [-0.05, 0) is 19.1 Å². The molecular formula is C10H13NO3. The monoisotopic (exact) mass is 195 g/mol. The summed E-state index contributed by atoms with van der Waals surface area (Å²) >= 11 is 0. The van der Waals surface area contributed by atoms with E-state index >= 15 is 0 Å². The number of ether oxygens (including phenoxy) is 2. The van der Waals surface area contributed by atoms with Gasteiger partial charge >= 0.3 is 5.97 Å². The van der Waals surface area contributed by atoms with Crippen LogP contribution < -0.4 is 15.2 Å². The second-order valence-electron chi connectivity index (χ2n) is 2.89. The fourth-order valence-corrected chi connectivity index (χ4v) is 0.874. The molecule has 1 atom stereocenters. The molecule has 0 fully saturated rings. The van der Waals surface area contributed by atoms with Gasteiger partial charge in [0.2, 0.25) is 0 Å². The highest BCUT2D eigenvalue weighted by molar-refractivity contribution is 5.77. The molecular weight excluding hydrogens is 182 g/mol. The normalized spacial score (nSPS) is 11.9. The average molecular weight is 195 g/mol. The maximum atomic E-state index is 11.1. The third-order valence-corrected chi connectivity index (χ3v) is 1.63. The van der Waals surface area contributed by atoms with Gasteiger partial charge in [0.15, 0.2) is 0 Å². The molecule has 4 heteroatoms. The molecule has 1 aromatic carbocycles. The lowest BCUT2D eigenvalue weighted by Gasteiger charge is -2.07. The van der Waals surface area contributed by atoms with Crippen LogP contribution in [0.5, 0.6) is 11.5 Å². The molecule has 0 spiro atoms. The van der Waals surface area contributed by atoms with E-state index in [1.807, 2.05) is 0 Å². The number of nitrogens with two attached hydrogens (primary N) is 1. The van der Waals surface area contributed by atoms with E-state index in [9.17, 15) is 4.79 Å². The van der Waals surface area contributed by atoms with Crippen molar-refractivity contribution in [1.29, 1.82) is 0 Å². The van der Waals surface area contributed by atoms with E-state index in [1.165, 1.54) is 0 Å². The molecule has 1 rings (SSSR count). The molecule has 14 heavy (non-hydrogen) atoms. The summed E-state index contributed by atoms with van der Waals surface area (Å²) < 4.78 is 9.95. The molecule has 0 aliphatic rings. The first-order valence-corrected chi connectivity index (χ1v) is 4.25. The van der Waals surface area contributed by atoms with E-state index in [0.29, 0.717) is 11.5 Å². The topological polar surface area (TPSA) is 61.5 Å². The van der Waals surface area contributed by atoms with E-state index in [0.717, 1.165) is 0 Å². The first-order valence-electron chi connectivity index (χ1n) is 4.25. The molecule has 4 nitrogen and oxygen atoms in total. The zero-order valence-electron chi connectivity index (χ0n) is 8.19. The summed E-state index contributed by atoms with van der Waals surface area (Å²) in [5.74, 6) is 0.616. The van der Waals surface area contributed by atoms with Crippen LogP contribution >= 0.6 is 0 Å². The number of rotatable bonds is 3. The van der Waals surface area contributed by atoms with Crippen LogP contribution in [0.1, 0.15) is 6.92 Å². The van der Waals surface area contributed by atoms with Gasteiger partial charge in [0.25, 0.3) is 0 Å². The minimum absolute atomic E-state index is 0.437. The van der Waals surface area contributed by atoms with Crippen molar-refractivity contribution in [2.24, 2.45) is 5.73 Å². The number of carbonyl (C=O) groups excluding carboxylic acids is 1. The number of hydrogen-bond donors (Lipinski definition) is 1. The van der Waals surface area contributed by atoms with E-state index in [4.69, 9.17) is 15.2 Å². The fourth-order valence-electron chi connectivity index (χ4n) is 0.874. The summed E-state index contributed by atoms with van der Waals surface area (Å²) in [5.41, 5.74) is 5.35. The lowest BCUT2D eigenvalue weighted by molar-refractivity contribution is -0.135. The number of esters is 1. The minimum Gasteiger partial charge on any atom is -0.497 e. The smallest absolute Gasteiger partial charge is 0.328 e. The zero-order chi connectivity index (χ0) is 10.6. The van der Waals surface area contributed by atoms with E-state index in [2.05, 4.69) is 0 Å². The van der Waals surface area contributed by atoms with Crippen molar-refractivity contribution in [2.75, 3.05) is 7.11 Å². The Hall–Kier alpha value is -1.55. The van der Waals surface area contributed by atoms with Crippen molar-refractivity contribution in [3.63, 3.8) is 0 Å². The van der Waals surface area contributed by atoms with Gasteiger partial charge in [0.05, 0.1) is 7.11 Å². The Morgan fingerprint density at radius 3 is 2.64 bits per heavy atom. The van der Waals surface area contributed by atoms with Crippen molar-refractivity contribution in [3.8, 4) is 11.5 Å². The Kier molecular flexibility index (Phi) is 3.48. The molecule has 0 amide bonds. The van der Waals surface area contributed by atoms with Crippen molar-refractivity contribution < 1.29 is 14.3 Å². The molecule has 76 valence electrons. The third-order valence-electron chi connectivity index (χ3n) is 1.63. The highest BCUT2D eigenvalue weighted by Crippen LogP contribution is 2.18. The Morgan fingerprint density at radius 1 is 1.43 bits per heavy atom. The van der Waals surface area contributed by atoms with E-state index in [-0.39, 0.29) is 0 Å². The molecule has 0 heterocycles. The van der Waals surface area contributed by atoms with Crippen molar-refractivity contribution in [3.05, 3.63) is 24.3 Å². The largest absolute Gasteiger partial charge is 0.497 e. The maximum Gasteiger partial charge on any atom is 0.328 e. The number of carbonyl (C=O) groups is 1. The maximum absolute atomic E-state index is 11.1. The van der Waals surface area contributed by atoms with Crippen LogP contribution in [-0.2, 0) is 4.79 Å². The predicted molar refractivity (Wildman–Crippen MR) is 52.3 cm³/mol. The molecule has 0 aliphatic heterocycles. The lowest BCUT2D eigenvalue weighted by atomic mass is 10.3. The average Bonchev–Trinajstić information content (AvgIpc) is 2.18. The highest BCUT2D eigenvalue weighted by Gasteiger charge is 2.09. The lowest BCUT2D eigenvalue weighted by Crippen LogP contribution is -2.30. The van der Waals surface area contributed by atoms with Crippen LogP contribution in [0.15, 0.2) is 24.3 Å². The molecule has 1 unspecified atom stereocenters. The number of benzene rings is 1. The number of hydrogen-bond acceptors (Lipinski definition) is 4. The Balaban J connectivity index is 2.72. The Morgan fingerprint density at radius 2 is 2.07 bits per heavy atom. The molecule has 1 aromatic rings. The van der Waals surface area contributed by atoms with Gasteiger partial charge in [-0.15, -0.1) is 0 Å². The molecule has 0 aliphatic carbocycles. The van der Waals surface area contributed by atoms with E-state index in [1.54, 1.807) is 38.3 Å². The Bertz CT molecular complexity index is 323. The molecule has 2 N–H and O–H groups in total. The second-order valence-corrected chi connectivity index (χ2v) is 2.89. The summed E-state index contributed by atoms with van der Waals surface area (Å²) in [5, 5.41) is 0. The van der Waals surface area contributed by atoms with Gasteiger partial charge in [0, 0.05) is 6.07 Å². The molecule has 0 radical (unpaired) electrons. The van der Waals surface area contributed by atoms with Crippen molar-refractivity contribution >= 4 is 5.97 Å². The first kappa shape index (κ1) is 10.5. The SMILES string of the molecule is COc1cccc(OC(=O)C(C)N)c1. The van der Waals surface area contributed by atoms with Gasteiger partial charge in [-0.1, -0.05) is 6.07 Å². The summed E-state index contributed by atoms with van der Waals surface area (Å²) in [7, 11) is 1.55. The van der Waals surface area contributed by atoms with Crippen LogP contribution in [0.3, 0.4) is 0 Å².